The fourth-order valence-corrected chi connectivity index (χ4v) is 2.27. The van der Waals surface area contributed by atoms with Crippen molar-refractivity contribution in [2.45, 2.75) is 33.2 Å². The van der Waals surface area contributed by atoms with Crippen LogP contribution in [0.1, 0.15) is 36.8 Å². The molecule has 0 aromatic carbocycles. The van der Waals surface area contributed by atoms with Gasteiger partial charge in [-0.3, -0.25) is 14.8 Å². The van der Waals surface area contributed by atoms with Gasteiger partial charge in [0.2, 0.25) is 0 Å². The van der Waals surface area contributed by atoms with E-state index in [1.165, 1.54) is 0 Å². The third-order valence-corrected chi connectivity index (χ3v) is 3.37. The average Bonchev–Trinajstić information content (AvgIpc) is 3.00. The van der Waals surface area contributed by atoms with Crippen molar-refractivity contribution in [3.63, 3.8) is 0 Å². The van der Waals surface area contributed by atoms with Gasteiger partial charge in [0.15, 0.2) is 11.5 Å². The average molecular weight is 336 g/mol. The quantitative estimate of drug-likeness (QED) is 0.794. The van der Waals surface area contributed by atoms with Gasteiger partial charge in [-0.1, -0.05) is 6.07 Å². The highest BCUT2D eigenvalue weighted by Gasteiger charge is 2.21. The second-order valence-electron chi connectivity index (χ2n) is 6.82. The van der Waals surface area contributed by atoms with Gasteiger partial charge in [-0.15, -0.1) is 0 Å². The fourth-order valence-electron chi connectivity index (χ4n) is 2.27. The lowest BCUT2D eigenvalue weighted by Crippen LogP contribution is -2.40. The number of hydrogen-bond acceptors (Lipinski definition) is 5. The molecule has 7 nitrogen and oxygen atoms in total. The summed E-state index contributed by atoms with van der Waals surface area (Å²) in [5, 5.41) is 7.34. The van der Waals surface area contributed by atoms with Gasteiger partial charge in [0.25, 0.3) is 5.91 Å². The standard InChI is InChI=1S/C18H20N6O/c1-12-5-6-13(21-10-12)15-9-14(17(25)22-18(2,3)4)23-24(15)16-11-19-7-8-20-16/h5-11H,1-4H3,(H,22,25). The van der Waals surface area contributed by atoms with E-state index in [0.717, 1.165) is 5.56 Å². The van der Waals surface area contributed by atoms with Crippen molar-refractivity contribution in [3.8, 4) is 17.2 Å². The summed E-state index contributed by atoms with van der Waals surface area (Å²) in [6, 6.07) is 5.57. The SMILES string of the molecule is Cc1ccc(-c2cc(C(=O)NC(C)(C)C)nn2-c2cnccn2)nc1. The largest absolute Gasteiger partial charge is 0.346 e. The fraction of sp³-hybridized carbons (Fsp3) is 0.278. The molecule has 0 aliphatic rings. The number of amides is 1. The summed E-state index contributed by atoms with van der Waals surface area (Å²) in [5.74, 6) is 0.276. The molecule has 7 heteroatoms. The van der Waals surface area contributed by atoms with Crippen molar-refractivity contribution in [2.24, 2.45) is 0 Å². The molecule has 0 fully saturated rings. The summed E-state index contributed by atoms with van der Waals surface area (Å²) in [4.78, 5) is 25.3. The van der Waals surface area contributed by atoms with E-state index in [-0.39, 0.29) is 11.4 Å². The molecular weight excluding hydrogens is 316 g/mol. The van der Waals surface area contributed by atoms with Gasteiger partial charge in [-0.25, -0.2) is 9.67 Å². The van der Waals surface area contributed by atoms with Crippen molar-refractivity contribution in [1.29, 1.82) is 0 Å². The Morgan fingerprint density at radius 1 is 1.12 bits per heavy atom. The normalized spacial score (nSPS) is 11.4. The van der Waals surface area contributed by atoms with Gasteiger partial charge in [-0.2, -0.15) is 5.10 Å². The molecule has 3 aromatic heterocycles. The lowest BCUT2D eigenvalue weighted by Gasteiger charge is -2.19. The minimum atomic E-state index is -0.351. The van der Waals surface area contributed by atoms with E-state index in [9.17, 15) is 4.79 Å². The first kappa shape index (κ1) is 16.8. The monoisotopic (exact) mass is 336 g/mol. The van der Waals surface area contributed by atoms with Crippen molar-refractivity contribution in [2.75, 3.05) is 0 Å². The van der Waals surface area contributed by atoms with E-state index in [1.807, 2.05) is 39.8 Å². The summed E-state index contributed by atoms with van der Waals surface area (Å²) in [6.07, 6.45) is 6.54. The van der Waals surface area contributed by atoms with Crippen LogP contribution in [0.5, 0.6) is 0 Å². The maximum absolute atomic E-state index is 12.5. The predicted molar refractivity (Wildman–Crippen MR) is 94.3 cm³/mol. The number of pyridine rings is 1. The Balaban J connectivity index is 2.09. The number of carbonyl (C=O) groups excluding carboxylic acids is 1. The van der Waals surface area contributed by atoms with Crippen LogP contribution in [0.15, 0.2) is 43.0 Å². The minimum absolute atomic E-state index is 0.247. The molecule has 0 aliphatic carbocycles. The number of aryl methyl sites for hydroxylation is 1. The number of nitrogens with one attached hydrogen (secondary N) is 1. The van der Waals surface area contributed by atoms with Crippen LogP contribution in [0.3, 0.4) is 0 Å². The van der Waals surface area contributed by atoms with Crippen LogP contribution in [-0.2, 0) is 0 Å². The Morgan fingerprint density at radius 2 is 1.92 bits per heavy atom. The van der Waals surface area contributed by atoms with Crippen molar-refractivity contribution in [1.82, 2.24) is 30.0 Å². The highest BCUT2D eigenvalue weighted by molar-refractivity contribution is 5.93. The molecule has 3 rings (SSSR count). The topological polar surface area (TPSA) is 85.6 Å². The van der Waals surface area contributed by atoms with Crippen molar-refractivity contribution >= 4 is 5.91 Å². The van der Waals surface area contributed by atoms with Crippen LogP contribution in [0.25, 0.3) is 17.2 Å². The second kappa shape index (κ2) is 6.43. The van der Waals surface area contributed by atoms with E-state index in [1.54, 1.807) is 35.5 Å². The molecule has 0 aliphatic heterocycles. The van der Waals surface area contributed by atoms with Gasteiger partial charge in [-0.05, 0) is 45.4 Å². The molecule has 0 saturated heterocycles. The highest BCUT2D eigenvalue weighted by Crippen LogP contribution is 2.22. The minimum Gasteiger partial charge on any atom is -0.346 e. The second-order valence-corrected chi connectivity index (χ2v) is 6.82. The molecule has 0 saturated carbocycles. The van der Waals surface area contributed by atoms with E-state index in [2.05, 4.69) is 25.4 Å². The zero-order valence-electron chi connectivity index (χ0n) is 14.7. The van der Waals surface area contributed by atoms with E-state index >= 15 is 0 Å². The molecule has 128 valence electrons. The zero-order chi connectivity index (χ0) is 18.0. The Labute approximate surface area is 146 Å². The van der Waals surface area contributed by atoms with Crippen LogP contribution >= 0.6 is 0 Å². The molecule has 3 heterocycles. The van der Waals surface area contributed by atoms with E-state index in [4.69, 9.17) is 0 Å². The van der Waals surface area contributed by atoms with Gasteiger partial charge in [0.1, 0.15) is 0 Å². The molecule has 0 unspecified atom stereocenters. The Morgan fingerprint density at radius 3 is 2.52 bits per heavy atom. The van der Waals surface area contributed by atoms with Gasteiger partial charge in [0, 0.05) is 24.1 Å². The molecule has 0 spiro atoms. The first-order valence-electron chi connectivity index (χ1n) is 7.95. The Kier molecular flexibility index (Phi) is 4.31. The molecule has 0 atom stereocenters. The number of rotatable bonds is 3. The summed E-state index contributed by atoms with van der Waals surface area (Å²) < 4.78 is 1.59. The van der Waals surface area contributed by atoms with E-state index < -0.39 is 0 Å². The number of aromatic nitrogens is 5. The summed E-state index contributed by atoms with van der Waals surface area (Å²) in [6.45, 7) is 7.74. The number of hydrogen-bond donors (Lipinski definition) is 1. The smallest absolute Gasteiger partial charge is 0.272 e. The molecule has 1 N–H and O–H groups in total. The summed E-state index contributed by atoms with van der Waals surface area (Å²) in [5.41, 5.74) is 2.39. The molecule has 0 radical (unpaired) electrons. The maximum atomic E-state index is 12.5. The first-order chi connectivity index (χ1) is 11.8. The highest BCUT2D eigenvalue weighted by atomic mass is 16.2. The van der Waals surface area contributed by atoms with Gasteiger partial charge in [0.05, 0.1) is 17.6 Å². The lowest BCUT2D eigenvalue weighted by molar-refractivity contribution is 0.0914. The Bertz CT molecular complexity index is 878. The third-order valence-electron chi connectivity index (χ3n) is 3.37. The van der Waals surface area contributed by atoms with Crippen molar-refractivity contribution < 1.29 is 4.79 Å². The van der Waals surface area contributed by atoms with E-state index in [0.29, 0.717) is 22.9 Å². The maximum Gasteiger partial charge on any atom is 0.272 e. The van der Waals surface area contributed by atoms with Crippen molar-refractivity contribution in [3.05, 3.63) is 54.2 Å². The molecule has 25 heavy (non-hydrogen) atoms. The Hall–Kier alpha value is -3.09. The summed E-state index contributed by atoms with van der Waals surface area (Å²) in [7, 11) is 0. The van der Waals surface area contributed by atoms with Gasteiger partial charge >= 0.3 is 0 Å². The first-order valence-corrected chi connectivity index (χ1v) is 7.95. The van der Waals surface area contributed by atoms with Crippen LogP contribution < -0.4 is 5.32 Å². The van der Waals surface area contributed by atoms with Crippen LogP contribution in [-0.4, -0.2) is 36.2 Å². The number of carbonyl (C=O) groups is 1. The molecular formula is C18H20N6O. The molecule has 1 amide bonds. The molecule has 3 aromatic rings. The van der Waals surface area contributed by atoms with Crippen LogP contribution in [0.2, 0.25) is 0 Å². The van der Waals surface area contributed by atoms with Gasteiger partial charge < -0.3 is 5.32 Å². The van der Waals surface area contributed by atoms with Crippen LogP contribution in [0, 0.1) is 6.92 Å². The number of nitrogens with zero attached hydrogens (tertiary/aromatic N) is 5. The third kappa shape index (κ3) is 3.88. The summed E-state index contributed by atoms with van der Waals surface area (Å²) >= 11 is 0. The zero-order valence-corrected chi connectivity index (χ0v) is 14.7. The van der Waals surface area contributed by atoms with Crippen LogP contribution in [0.4, 0.5) is 0 Å². The molecule has 0 bridgehead atoms. The predicted octanol–water partition coefficient (Wildman–Crippen LogP) is 2.56. The lowest BCUT2D eigenvalue weighted by atomic mass is 10.1.